The van der Waals surface area contributed by atoms with Crippen LogP contribution in [0.4, 0.5) is 0 Å². The van der Waals surface area contributed by atoms with E-state index in [-0.39, 0.29) is 5.91 Å². The fourth-order valence-corrected chi connectivity index (χ4v) is 3.57. The Kier molecular flexibility index (Phi) is 4.22. The molecule has 0 bridgehead atoms. The number of carbonyl (C=O) groups excluding carboxylic acids is 1. The Hall–Kier alpha value is -2.69. The molecule has 0 saturated carbocycles. The summed E-state index contributed by atoms with van der Waals surface area (Å²) < 4.78 is 2.01. The van der Waals surface area contributed by atoms with E-state index in [0.717, 1.165) is 54.2 Å². The SMILES string of the molecule is Cc1nc2cccnc2n1-c1cccc(C(=O)N2CCCCCC2)c1. The smallest absolute Gasteiger partial charge is 0.253 e. The van der Waals surface area contributed by atoms with Gasteiger partial charge in [0, 0.05) is 30.5 Å². The number of imidazole rings is 1. The molecular weight excluding hydrogens is 312 g/mol. The van der Waals surface area contributed by atoms with Crippen molar-refractivity contribution >= 4 is 17.1 Å². The third-order valence-corrected chi connectivity index (χ3v) is 4.83. The molecule has 3 heterocycles. The molecule has 0 atom stereocenters. The Labute approximate surface area is 147 Å². The molecule has 5 heteroatoms. The lowest BCUT2D eigenvalue weighted by Gasteiger charge is -2.20. The topological polar surface area (TPSA) is 51.0 Å². The number of benzene rings is 1. The van der Waals surface area contributed by atoms with E-state index in [1.54, 1.807) is 6.20 Å². The van der Waals surface area contributed by atoms with Gasteiger partial charge in [0.2, 0.25) is 0 Å². The summed E-state index contributed by atoms with van der Waals surface area (Å²) >= 11 is 0. The molecule has 5 nitrogen and oxygen atoms in total. The van der Waals surface area contributed by atoms with E-state index in [9.17, 15) is 4.79 Å². The van der Waals surface area contributed by atoms with Crippen molar-refractivity contribution in [2.75, 3.05) is 13.1 Å². The van der Waals surface area contributed by atoms with Crippen LogP contribution in [0.2, 0.25) is 0 Å². The van der Waals surface area contributed by atoms with Gasteiger partial charge in [-0.3, -0.25) is 9.36 Å². The van der Waals surface area contributed by atoms with Crippen molar-refractivity contribution < 1.29 is 4.79 Å². The summed E-state index contributed by atoms with van der Waals surface area (Å²) in [5, 5.41) is 0. The number of hydrogen-bond donors (Lipinski definition) is 0. The number of fused-ring (bicyclic) bond motifs is 1. The quantitative estimate of drug-likeness (QED) is 0.717. The van der Waals surface area contributed by atoms with Gasteiger partial charge in [-0.1, -0.05) is 18.9 Å². The average molecular weight is 334 g/mol. The zero-order valence-corrected chi connectivity index (χ0v) is 14.5. The highest BCUT2D eigenvalue weighted by Gasteiger charge is 2.18. The van der Waals surface area contributed by atoms with Gasteiger partial charge in [0.1, 0.15) is 11.3 Å². The third kappa shape index (κ3) is 3.02. The van der Waals surface area contributed by atoms with Crippen molar-refractivity contribution in [3.05, 3.63) is 54.0 Å². The van der Waals surface area contributed by atoms with E-state index in [4.69, 9.17) is 0 Å². The minimum Gasteiger partial charge on any atom is -0.339 e. The van der Waals surface area contributed by atoms with Crippen molar-refractivity contribution in [2.45, 2.75) is 32.6 Å². The predicted molar refractivity (Wildman–Crippen MR) is 98.0 cm³/mol. The number of aromatic nitrogens is 3. The average Bonchev–Trinajstić information content (AvgIpc) is 2.80. The molecule has 1 aliphatic heterocycles. The Morgan fingerprint density at radius 1 is 1.04 bits per heavy atom. The first-order valence-corrected chi connectivity index (χ1v) is 8.94. The van der Waals surface area contributed by atoms with Gasteiger partial charge in [-0.15, -0.1) is 0 Å². The standard InChI is InChI=1S/C20H22N4O/c1-15-22-18-10-7-11-21-19(18)24(15)17-9-6-8-16(14-17)20(25)23-12-4-2-3-5-13-23/h6-11,14H,2-5,12-13H2,1H3. The highest BCUT2D eigenvalue weighted by molar-refractivity contribution is 5.95. The van der Waals surface area contributed by atoms with Crippen LogP contribution in [-0.2, 0) is 0 Å². The molecule has 2 aromatic heterocycles. The number of pyridine rings is 1. The number of likely N-dealkylation sites (tertiary alicyclic amines) is 1. The van der Waals surface area contributed by atoms with Gasteiger partial charge in [0.25, 0.3) is 5.91 Å². The highest BCUT2D eigenvalue weighted by atomic mass is 16.2. The van der Waals surface area contributed by atoms with Gasteiger partial charge in [0.15, 0.2) is 5.65 Å². The van der Waals surface area contributed by atoms with E-state index in [1.165, 1.54) is 12.8 Å². The molecule has 3 aromatic rings. The van der Waals surface area contributed by atoms with Gasteiger partial charge >= 0.3 is 0 Å². The van der Waals surface area contributed by atoms with Crippen molar-refractivity contribution in [2.24, 2.45) is 0 Å². The van der Waals surface area contributed by atoms with E-state index >= 15 is 0 Å². The summed E-state index contributed by atoms with van der Waals surface area (Å²) in [5.41, 5.74) is 3.35. The minimum atomic E-state index is 0.124. The molecule has 25 heavy (non-hydrogen) atoms. The molecule has 4 rings (SSSR count). The minimum absolute atomic E-state index is 0.124. The summed E-state index contributed by atoms with van der Waals surface area (Å²) in [5.74, 6) is 0.992. The Morgan fingerprint density at radius 2 is 1.84 bits per heavy atom. The molecule has 0 unspecified atom stereocenters. The molecule has 0 spiro atoms. The maximum absolute atomic E-state index is 12.9. The first kappa shape index (κ1) is 15.8. The van der Waals surface area contributed by atoms with Crippen LogP contribution in [0.15, 0.2) is 42.6 Å². The van der Waals surface area contributed by atoms with E-state index in [0.29, 0.717) is 0 Å². The Morgan fingerprint density at radius 3 is 2.64 bits per heavy atom. The Balaban J connectivity index is 1.71. The Bertz CT molecular complexity index is 907. The zero-order valence-electron chi connectivity index (χ0n) is 14.5. The highest BCUT2D eigenvalue weighted by Crippen LogP contribution is 2.21. The van der Waals surface area contributed by atoms with Gasteiger partial charge in [-0.25, -0.2) is 9.97 Å². The fraction of sp³-hybridized carbons (Fsp3) is 0.350. The molecule has 1 fully saturated rings. The zero-order chi connectivity index (χ0) is 17.2. The molecule has 1 aromatic carbocycles. The summed E-state index contributed by atoms with van der Waals surface area (Å²) in [6.07, 6.45) is 6.40. The van der Waals surface area contributed by atoms with Gasteiger partial charge in [0.05, 0.1) is 0 Å². The summed E-state index contributed by atoms with van der Waals surface area (Å²) in [7, 11) is 0. The van der Waals surface area contributed by atoms with Crippen LogP contribution < -0.4 is 0 Å². The molecule has 0 radical (unpaired) electrons. The van der Waals surface area contributed by atoms with Crippen molar-refractivity contribution in [1.82, 2.24) is 19.4 Å². The number of rotatable bonds is 2. The van der Waals surface area contributed by atoms with Crippen LogP contribution in [-0.4, -0.2) is 38.4 Å². The maximum atomic E-state index is 12.9. The lowest BCUT2D eigenvalue weighted by molar-refractivity contribution is 0.0761. The first-order chi connectivity index (χ1) is 12.2. The molecule has 1 saturated heterocycles. The summed E-state index contributed by atoms with van der Waals surface area (Å²) in [6.45, 7) is 3.68. The van der Waals surface area contributed by atoms with Gasteiger partial charge in [-0.05, 0) is 50.1 Å². The maximum Gasteiger partial charge on any atom is 0.253 e. The second-order valence-corrected chi connectivity index (χ2v) is 6.60. The largest absolute Gasteiger partial charge is 0.339 e. The van der Waals surface area contributed by atoms with Crippen LogP contribution in [0.3, 0.4) is 0 Å². The number of carbonyl (C=O) groups is 1. The van der Waals surface area contributed by atoms with Crippen LogP contribution in [0, 0.1) is 6.92 Å². The summed E-state index contributed by atoms with van der Waals surface area (Å²) in [6, 6.07) is 11.6. The normalized spacial score (nSPS) is 15.3. The lowest BCUT2D eigenvalue weighted by Crippen LogP contribution is -2.31. The van der Waals surface area contributed by atoms with Crippen molar-refractivity contribution in [3.63, 3.8) is 0 Å². The summed E-state index contributed by atoms with van der Waals surface area (Å²) in [4.78, 5) is 23.9. The van der Waals surface area contributed by atoms with E-state index in [2.05, 4.69) is 9.97 Å². The second kappa shape index (κ2) is 6.67. The molecule has 1 aliphatic rings. The number of nitrogens with zero attached hydrogens (tertiary/aromatic N) is 4. The van der Waals surface area contributed by atoms with Crippen LogP contribution in [0.5, 0.6) is 0 Å². The van der Waals surface area contributed by atoms with Gasteiger partial charge < -0.3 is 4.90 Å². The first-order valence-electron chi connectivity index (χ1n) is 8.94. The molecular formula is C20H22N4O. The monoisotopic (exact) mass is 334 g/mol. The van der Waals surface area contributed by atoms with E-state index in [1.807, 2.05) is 52.8 Å². The number of aryl methyl sites for hydroxylation is 1. The van der Waals surface area contributed by atoms with Crippen molar-refractivity contribution in [3.8, 4) is 5.69 Å². The van der Waals surface area contributed by atoms with Crippen LogP contribution in [0.25, 0.3) is 16.9 Å². The van der Waals surface area contributed by atoms with Crippen molar-refractivity contribution in [1.29, 1.82) is 0 Å². The third-order valence-electron chi connectivity index (χ3n) is 4.83. The molecule has 1 amide bonds. The number of amides is 1. The molecule has 0 N–H and O–H groups in total. The van der Waals surface area contributed by atoms with Gasteiger partial charge in [-0.2, -0.15) is 0 Å². The molecule has 0 aliphatic carbocycles. The lowest BCUT2D eigenvalue weighted by atomic mass is 10.1. The number of hydrogen-bond acceptors (Lipinski definition) is 3. The van der Waals surface area contributed by atoms with E-state index < -0.39 is 0 Å². The fourth-order valence-electron chi connectivity index (χ4n) is 3.57. The molecule has 128 valence electrons. The van der Waals surface area contributed by atoms with Crippen LogP contribution >= 0.6 is 0 Å². The van der Waals surface area contributed by atoms with Crippen LogP contribution in [0.1, 0.15) is 41.9 Å². The predicted octanol–water partition coefficient (Wildman–Crippen LogP) is 3.75. The second-order valence-electron chi connectivity index (χ2n) is 6.60.